The predicted molar refractivity (Wildman–Crippen MR) is 87.4 cm³/mol. The van der Waals surface area contributed by atoms with E-state index in [9.17, 15) is 9.59 Å². The van der Waals surface area contributed by atoms with E-state index in [1.807, 2.05) is 11.8 Å². The fraction of sp³-hybridized carbons (Fsp3) is 0.667. The molecule has 3 fully saturated rings. The van der Waals surface area contributed by atoms with Gasteiger partial charge in [0.05, 0.1) is 29.4 Å². The third kappa shape index (κ3) is 2.80. The summed E-state index contributed by atoms with van der Waals surface area (Å²) in [6.45, 7) is 3.19. The van der Waals surface area contributed by atoms with Gasteiger partial charge in [-0.15, -0.1) is 11.8 Å². The lowest BCUT2D eigenvalue weighted by Crippen LogP contribution is -2.51. The van der Waals surface area contributed by atoms with Crippen LogP contribution in [0.2, 0.25) is 0 Å². The van der Waals surface area contributed by atoms with Crippen LogP contribution in [0.25, 0.3) is 0 Å². The van der Waals surface area contributed by atoms with Crippen LogP contribution in [0.1, 0.15) is 31.4 Å². The van der Waals surface area contributed by atoms with Gasteiger partial charge in [0.2, 0.25) is 0 Å². The minimum atomic E-state index is -1.23. The van der Waals surface area contributed by atoms with Crippen LogP contribution < -0.4 is 0 Å². The van der Waals surface area contributed by atoms with Crippen LogP contribution >= 0.6 is 23.5 Å². The van der Waals surface area contributed by atoms with Gasteiger partial charge in [-0.2, -0.15) is 14.0 Å². The van der Waals surface area contributed by atoms with Crippen molar-refractivity contribution in [3.8, 4) is 6.07 Å². The molecule has 1 spiro atoms. The van der Waals surface area contributed by atoms with E-state index in [4.69, 9.17) is 14.7 Å². The Bertz CT molecular complexity index is 745. The highest BCUT2D eigenvalue weighted by Gasteiger charge is 2.59. The second-order valence-corrected chi connectivity index (χ2v) is 8.13. The zero-order valence-corrected chi connectivity index (χ0v) is 15.1. The Morgan fingerprint density at radius 3 is 2.88 bits per heavy atom. The number of thioether (sulfide) groups is 1. The number of esters is 2. The normalized spacial score (nSPS) is 30.8. The molecule has 0 saturated carbocycles. The molecule has 0 aliphatic carbocycles. The lowest BCUT2D eigenvalue weighted by Gasteiger charge is -2.37. The molecule has 0 amide bonds. The van der Waals surface area contributed by atoms with Crippen LogP contribution in [0.5, 0.6) is 0 Å². The van der Waals surface area contributed by atoms with Crippen LogP contribution in [0.3, 0.4) is 0 Å². The molecule has 25 heavy (non-hydrogen) atoms. The van der Waals surface area contributed by atoms with E-state index < -0.39 is 17.8 Å². The van der Waals surface area contributed by atoms with E-state index >= 15 is 0 Å². The zero-order valence-electron chi connectivity index (χ0n) is 13.5. The molecule has 4 unspecified atom stereocenters. The summed E-state index contributed by atoms with van der Waals surface area (Å²) in [5, 5.41) is 9.82. The predicted octanol–water partition coefficient (Wildman–Crippen LogP) is 1.35. The van der Waals surface area contributed by atoms with Crippen molar-refractivity contribution in [2.75, 3.05) is 18.8 Å². The van der Waals surface area contributed by atoms with Gasteiger partial charge >= 0.3 is 17.8 Å². The van der Waals surface area contributed by atoms with Gasteiger partial charge < -0.3 is 9.47 Å². The van der Waals surface area contributed by atoms with E-state index in [2.05, 4.69) is 14.8 Å². The summed E-state index contributed by atoms with van der Waals surface area (Å²) in [7, 11) is 0. The first-order valence-electron chi connectivity index (χ1n) is 8.08. The molecule has 1 aromatic heterocycles. The van der Waals surface area contributed by atoms with Crippen molar-refractivity contribution in [3.05, 3.63) is 5.69 Å². The van der Waals surface area contributed by atoms with E-state index in [0.717, 1.165) is 17.1 Å². The molecule has 0 aromatic carbocycles. The molecule has 2 bridgehead atoms. The van der Waals surface area contributed by atoms with Gasteiger partial charge in [-0.25, -0.2) is 14.5 Å². The minimum absolute atomic E-state index is 0.0494. The van der Waals surface area contributed by atoms with Crippen molar-refractivity contribution in [2.24, 2.45) is 11.8 Å². The molecule has 0 N–H and O–H groups in total. The molecule has 3 aliphatic rings. The Morgan fingerprint density at radius 2 is 2.16 bits per heavy atom. The molecule has 4 heterocycles. The number of hydrogen-bond acceptors (Lipinski definition) is 10. The molecular formula is C15H16N4O4S2. The molecule has 10 heteroatoms. The number of ether oxygens (including phenoxy) is 2. The van der Waals surface area contributed by atoms with Crippen molar-refractivity contribution in [3.63, 3.8) is 0 Å². The fourth-order valence-electron chi connectivity index (χ4n) is 3.66. The summed E-state index contributed by atoms with van der Waals surface area (Å²) >= 11 is 2.74. The highest BCUT2D eigenvalue weighted by molar-refractivity contribution is 7.99. The first-order valence-corrected chi connectivity index (χ1v) is 9.80. The Morgan fingerprint density at radius 1 is 1.40 bits per heavy atom. The summed E-state index contributed by atoms with van der Waals surface area (Å²) in [6, 6.07) is 2.22. The third-order valence-electron chi connectivity index (χ3n) is 4.95. The van der Waals surface area contributed by atoms with Crippen molar-refractivity contribution in [1.29, 1.82) is 5.26 Å². The van der Waals surface area contributed by atoms with Crippen LogP contribution in [0, 0.1) is 23.2 Å². The van der Waals surface area contributed by atoms with Crippen molar-refractivity contribution < 1.29 is 19.1 Å². The SMILES string of the molecule is CC(C#N)CSc1nsnc1C1CN2CC1CCC21OC(=O)C(=O)O1. The second kappa shape index (κ2) is 6.23. The van der Waals surface area contributed by atoms with Gasteiger partial charge in [0, 0.05) is 31.2 Å². The number of hydrogen-bond donors (Lipinski definition) is 0. The number of piperidine rings is 1. The van der Waals surface area contributed by atoms with Crippen molar-refractivity contribution in [1.82, 2.24) is 13.6 Å². The largest absolute Gasteiger partial charge is 0.421 e. The second-order valence-electron chi connectivity index (χ2n) is 6.60. The quantitative estimate of drug-likeness (QED) is 0.435. The van der Waals surface area contributed by atoms with Crippen LogP contribution in [-0.2, 0) is 19.1 Å². The fourth-order valence-corrected chi connectivity index (χ4v) is 5.37. The van der Waals surface area contributed by atoms with Gasteiger partial charge in [-0.05, 0) is 19.3 Å². The smallest absolute Gasteiger partial charge is 0.400 e. The molecule has 4 atom stereocenters. The number of carbonyl (C=O) groups excluding carboxylic acids is 2. The summed E-state index contributed by atoms with van der Waals surface area (Å²) < 4.78 is 19.4. The first-order chi connectivity index (χ1) is 12.0. The molecule has 3 saturated heterocycles. The van der Waals surface area contributed by atoms with Crippen LogP contribution in [-0.4, -0.2) is 50.3 Å². The van der Waals surface area contributed by atoms with Gasteiger partial charge in [0.15, 0.2) is 0 Å². The Hall–Kier alpha value is -1.70. The number of rotatable bonds is 4. The molecule has 0 radical (unpaired) electrons. The summed E-state index contributed by atoms with van der Waals surface area (Å²) in [6.07, 6.45) is 1.27. The number of nitrogens with zero attached hydrogens (tertiary/aromatic N) is 4. The highest BCUT2D eigenvalue weighted by atomic mass is 32.2. The lowest BCUT2D eigenvalue weighted by atomic mass is 9.88. The van der Waals surface area contributed by atoms with Gasteiger partial charge in [-0.3, -0.25) is 0 Å². The number of aromatic nitrogens is 2. The lowest BCUT2D eigenvalue weighted by molar-refractivity contribution is -0.257. The minimum Gasteiger partial charge on any atom is -0.400 e. The number of carbonyl (C=O) groups is 2. The molecule has 1 aromatic rings. The zero-order chi connectivity index (χ0) is 17.6. The maximum absolute atomic E-state index is 11.5. The van der Waals surface area contributed by atoms with Gasteiger partial charge in [0.25, 0.3) is 0 Å². The molecule has 8 nitrogen and oxygen atoms in total. The molecule has 132 valence electrons. The number of nitriles is 1. The van der Waals surface area contributed by atoms with Gasteiger partial charge in [0.1, 0.15) is 5.03 Å². The van der Waals surface area contributed by atoms with Crippen molar-refractivity contribution >= 4 is 35.4 Å². The Labute approximate surface area is 152 Å². The highest BCUT2D eigenvalue weighted by Crippen LogP contribution is 2.48. The average Bonchev–Trinajstić information content (AvgIpc) is 3.27. The molecular weight excluding hydrogens is 364 g/mol. The van der Waals surface area contributed by atoms with E-state index in [1.165, 1.54) is 11.7 Å². The summed E-state index contributed by atoms with van der Waals surface area (Å²) in [5.74, 6) is -1.92. The van der Waals surface area contributed by atoms with E-state index in [1.54, 1.807) is 11.8 Å². The summed E-state index contributed by atoms with van der Waals surface area (Å²) in [5.41, 5.74) is 0.945. The third-order valence-corrected chi connectivity index (χ3v) is 6.85. The standard InChI is InChI=1S/C15H16N4O4S2/c1-8(4-16)7-24-12-11(17-25-18-12)10-6-19-5-9(10)2-3-15(19)22-13(20)14(21)23-15/h8-10H,2-3,5-7H2,1H3. The average molecular weight is 380 g/mol. The van der Waals surface area contributed by atoms with Gasteiger partial charge in [-0.1, -0.05) is 0 Å². The van der Waals surface area contributed by atoms with E-state index in [-0.39, 0.29) is 11.8 Å². The first kappa shape index (κ1) is 16.8. The number of fused-ring (bicyclic) bond motifs is 3. The van der Waals surface area contributed by atoms with Crippen molar-refractivity contribution in [2.45, 2.75) is 36.6 Å². The molecule has 4 rings (SSSR count). The summed E-state index contributed by atoms with van der Waals surface area (Å²) in [4.78, 5) is 24.9. The Kier molecular flexibility index (Phi) is 4.17. The maximum Gasteiger partial charge on any atom is 0.421 e. The Balaban J connectivity index is 1.52. The van der Waals surface area contributed by atoms with Crippen LogP contribution in [0.4, 0.5) is 0 Å². The van der Waals surface area contributed by atoms with E-state index in [0.29, 0.717) is 31.2 Å². The topological polar surface area (TPSA) is 105 Å². The molecule has 3 aliphatic heterocycles. The van der Waals surface area contributed by atoms with Crippen LogP contribution in [0.15, 0.2) is 5.03 Å². The maximum atomic E-state index is 11.5. The monoisotopic (exact) mass is 380 g/mol.